The highest BCUT2D eigenvalue weighted by atomic mass is 16.6. The molecule has 10 heteroatoms. The second kappa shape index (κ2) is 11.0. The molecular formula is C19H21NO9. The summed E-state index contributed by atoms with van der Waals surface area (Å²) in [7, 11) is 0. The topological polar surface area (TPSA) is 137 Å². The van der Waals surface area contributed by atoms with E-state index in [0.717, 1.165) is 4.90 Å². The lowest BCUT2D eigenvalue weighted by molar-refractivity contribution is -0.151. The first-order valence-electron chi connectivity index (χ1n) is 8.94. The quantitative estimate of drug-likeness (QED) is 0.212. The summed E-state index contributed by atoms with van der Waals surface area (Å²) in [5.41, 5.74) is 0.783. The van der Waals surface area contributed by atoms with Crippen molar-refractivity contribution in [2.24, 2.45) is 0 Å². The van der Waals surface area contributed by atoms with Gasteiger partial charge >= 0.3 is 11.9 Å². The third-order valence-corrected chi connectivity index (χ3v) is 3.99. The third kappa shape index (κ3) is 6.47. The molecule has 10 nitrogen and oxygen atoms in total. The molecular weight excluding hydrogens is 386 g/mol. The maximum absolute atomic E-state index is 12.2. The van der Waals surface area contributed by atoms with Gasteiger partial charge in [0.05, 0.1) is 50.5 Å². The summed E-state index contributed by atoms with van der Waals surface area (Å²) in [6.45, 7) is 0.831. The number of fused-ring (bicyclic) bond motifs is 1. The Kier molecular flexibility index (Phi) is 8.44. The van der Waals surface area contributed by atoms with Gasteiger partial charge in [0, 0.05) is 6.42 Å². The first kappa shape index (κ1) is 22.2. The number of ketones is 1. The second-order valence-corrected chi connectivity index (χ2v) is 5.98. The molecule has 0 bridgehead atoms. The number of esters is 1. The largest absolute Gasteiger partial charge is 0.476 e. The van der Waals surface area contributed by atoms with Gasteiger partial charge in [0.15, 0.2) is 0 Å². The van der Waals surface area contributed by atoms with Crippen LogP contribution in [0.3, 0.4) is 0 Å². The van der Waals surface area contributed by atoms with Gasteiger partial charge in [-0.1, -0.05) is 12.1 Å². The van der Waals surface area contributed by atoms with Gasteiger partial charge in [-0.05, 0) is 12.1 Å². The zero-order valence-corrected chi connectivity index (χ0v) is 15.6. The molecule has 1 aliphatic rings. The number of carboxylic acid groups (broad SMARTS) is 1. The van der Waals surface area contributed by atoms with Crippen LogP contribution < -0.4 is 0 Å². The number of aliphatic carboxylic acids is 1. The number of carboxylic acids is 1. The SMILES string of the molecule is O=C(CCC(=O)C(=O)O)OCCOCCOCCN1C(=O)c2ccccc2C1=O. The van der Waals surface area contributed by atoms with E-state index in [1.54, 1.807) is 24.3 Å². The van der Waals surface area contributed by atoms with Crippen molar-refractivity contribution < 1.29 is 43.3 Å². The van der Waals surface area contributed by atoms with Gasteiger partial charge in [-0.3, -0.25) is 24.1 Å². The predicted octanol–water partition coefficient (Wildman–Crippen LogP) is 0.293. The van der Waals surface area contributed by atoms with E-state index in [2.05, 4.69) is 0 Å². The van der Waals surface area contributed by atoms with E-state index in [1.165, 1.54) is 0 Å². The third-order valence-electron chi connectivity index (χ3n) is 3.99. The maximum Gasteiger partial charge on any atom is 0.372 e. The smallest absolute Gasteiger partial charge is 0.372 e. The van der Waals surface area contributed by atoms with Crippen molar-refractivity contribution in [1.29, 1.82) is 0 Å². The Morgan fingerprint density at radius 3 is 1.97 bits per heavy atom. The second-order valence-electron chi connectivity index (χ2n) is 5.98. The number of hydrogen-bond donors (Lipinski definition) is 1. The fraction of sp³-hybridized carbons (Fsp3) is 0.421. The van der Waals surface area contributed by atoms with E-state index in [1.807, 2.05) is 0 Å². The Morgan fingerprint density at radius 2 is 1.38 bits per heavy atom. The molecule has 0 spiro atoms. The van der Waals surface area contributed by atoms with Crippen molar-refractivity contribution in [2.75, 3.05) is 39.6 Å². The van der Waals surface area contributed by atoms with Crippen LogP contribution in [0.5, 0.6) is 0 Å². The molecule has 1 heterocycles. The molecule has 0 saturated carbocycles. The van der Waals surface area contributed by atoms with E-state index in [4.69, 9.17) is 19.3 Å². The van der Waals surface area contributed by atoms with Crippen LogP contribution in [0.4, 0.5) is 0 Å². The van der Waals surface area contributed by atoms with E-state index >= 15 is 0 Å². The minimum atomic E-state index is -1.58. The van der Waals surface area contributed by atoms with Crippen molar-refractivity contribution in [3.8, 4) is 0 Å². The van der Waals surface area contributed by atoms with Gasteiger partial charge in [-0.2, -0.15) is 0 Å². The number of hydrogen-bond acceptors (Lipinski definition) is 8. The number of nitrogens with zero attached hydrogens (tertiary/aromatic N) is 1. The molecule has 29 heavy (non-hydrogen) atoms. The van der Waals surface area contributed by atoms with Crippen molar-refractivity contribution in [3.63, 3.8) is 0 Å². The number of benzene rings is 1. The van der Waals surface area contributed by atoms with Crippen molar-refractivity contribution in [3.05, 3.63) is 35.4 Å². The zero-order valence-electron chi connectivity index (χ0n) is 15.6. The standard InChI is InChI=1S/C19H21NO9/c21-15(19(25)26)5-6-16(22)29-12-11-28-10-9-27-8-7-20-17(23)13-3-1-2-4-14(13)18(20)24/h1-4H,5-12H2,(H,25,26). The highest BCUT2D eigenvalue weighted by molar-refractivity contribution is 6.32. The summed E-state index contributed by atoms with van der Waals surface area (Å²) >= 11 is 0. The van der Waals surface area contributed by atoms with E-state index in [-0.39, 0.29) is 57.8 Å². The number of rotatable bonds is 13. The van der Waals surface area contributed by atoms with Crippen LogP contribution >= 0.6 is 0 Å². The van der Waals surface area contributed by atoms with Crippen LogP contribution in [0.15, 0.2) is 24.3 Å². The van der Waals surface area contributed by atoms with Gasteiger partial charge < -0.3 is 19.3 Å². The van der Waals surface area contributed by atoms with Gasteiger partial charge in [0.25, 0.3) is 11.8 Å². The number of Topliss-reactive ketones (excluding diaryl/α,β-unsaturated/α-hetero) is 1. The van der Waals surface area contributed by atoms with Crippen LogP contribution in [0.1, 0.15) is 33.6 Å². The summed E-state index contributed by atoms with van der Waals surface area (Å²) in [5, 5.41) is 8.39. The number of carbonyl (C=O) groups is 5. The van der Waals surface area contributed by atoms with E-state index < -0.39 is 24.1 Å². The highest BCUT2D eigenvalue weighted by Crippen LogP contribution is 2.21. The lowest BCUT2D eigenvalue weighted by atomic mass is 10.1. The average molecular weight is 407 g/mol. The number of imide groups is 1. The Morgan fingerprint density at radius 1 is 0.828 bits per heavy atom. The fourth-order valence-corrected chi connectivity index (χ4v) is 2.53. The highest BCUT2D eigenvalue weighted by Gasteiger charge is 2.34. The zero-order chi connectivity index (χ0) is 21.2. The molecule has 0 aromatic heterocycles. The van der Waals surface area contributed by atoms with Gasteiger partial charge in [-0.25, -0.2) is 4.79 Å². The van der Waals surface area contributed by atoms with Crippen LogP contribution in [0, 0.1) is 0 Å². The molecule has 156 valence electrons. The van der Waals surface area contributed by atoms with Gasteiger partial charge in [0.2, 0.25) is 5.78 Å². The van der Waals surface area contributed by atoms with Crippen molar-refractivity contribution in [1.82, 2.24) is 4.90 Å². The predicted molar refractivity (Wildman–Crippen MR) is 96.3 cm³/mol. The monoisotopic (exact) mass is 407 g/mol. The summed E-state index contributed by atoms with van der Waals surface area (Å²) in [6, 6.07) is 6.63. The molecule has 0 unspecified atom stereocenters. The van der Waals surface area contributed by atoms with Crippen molar-refractivity contribution in [2.45, 2.75) is 12.8 Å². The van der Waals surface area contributed by atoms with E-state index in [0.29, 0.717) is 11.1 Å². The minimum Gasteiger partial charge on any atom is -0.476 e. The summed E-state index contributed by atoms with van der Waals surface area (Å²) in [5.74, 6) is -3.98. The Bertz CT molecular complexity index is 755. The molecule has 2 amide bonds. The molecule has 0 radical (unpaired) electrons. The molecule has 0 fully saturated rings. The first-order chi connectivity index (χ1) is 13.9. The van der Waals surface area contributed by atoms with Crippen LogP contribution in [-0.4, -0.2) is 79.1 Å². The molecule has 1 aromatic rings. The Hall–Kier alpha value is -3.11. The van der Waals surface area contributed by atoms with Crippen LogP contribution in [0.25, 0.3) is 0 Å². The molecule has 1 aliphatic heterocycles. The molecule has 2 rings (SSSR count). The normalized spacial score (nSPS) is 12.8. The lowest BCUT2D eigenvalue weighted by Crippen LogP contribution is -2.33. The Labute approximate surface area is 166 Å². The average Bonchev–Trinajstić information content (AvgIpc) is 2.95. The number of amides is 2. The Balaban J connectivity index is 1.48. The fourth-order valence-electron chi connectivity index (χ4n) is 2.53. The molecule has 0 atom stereocenters. The molecule has 0 aliphatic carbocycles. The van der Waals surface area contributed by atoms with Gasteiger partial charge in [-0.15, -0.1) is 0 Å². The van der Waals surface area contributed by atoms with Crippen LogP contribution in [0.2, 0.25) is 0 Å². The summed E-state index contributed by atoms with van der Waals surface area (Å²) < 4.78 is 15.3. The summed E-state index contributed by atoms with van der Waals surface area (Å²) in [6.07, 6.45) is -0.706. The summed E-state index contributed by atoms with van der Waals surface area (Å²) in [4.78, 5) is 57.9. The number of carbonyl (C=O) groups excluding carboxylic acids is 4. The first-order valence-corrected chi connectivity index (χ1v) is 8.94. The van der Waals surface area contributed by atoms with Crippen LogP contribution in [-0.2, 0) is 28.6 Å². The van der Waals surface area contributed by atoms with Gasteiger partial charge in [0.1, 0.15) is 6.61 Å². The number of ether oxygens (including phenoxy) is 3. The molecule has 0 saturated heterocycles. The maximum atomic E-state index is 12.2. The van der Waals surface area contributed by atoms with E-state index in [9.17, 15) is 24.0 Å². The molecule has 1 N–H and O–H groups in total. The molecule has 1 aromatic carbocycles. The van der Waals surface area contributed by atoms with Crippen molar-refractivity contribution >= 4 is 29.5 Å². The minimum absolute atomic E-state index is 0.0326. The lowest BCUT2D eigenvalue weighted by Gasteiger charge is -2.13.